The van der Waals surface area contributed by atoms with Gasteiger partial charge in [-0.1, -0.05) is 60.7 Å². The molecule has 0 spiro atoms. The maximum Gasteiger partial charge on any atom is 0.149 e. The molecule has 136 valence electrons. The molecule has 0 aliphatic heterocycles. The van der Waals surface area contributed by atoms with E-state index in [9.17, 15) is 0 Å². The van der Waals surface area contributed by atoms with Crippen molar-refractivity contribution in [2.75, 3.05) is 0 Å². The first kappa shape index (κ1) is 16.0. The van der Waals surface area contributed by atoms with Crippen LogP contribution in [0.25, 0.3) is 50.1 Å². The Morgan fingerprint density at radius 3 is 1.90 bits per heavy atom. The number of aromatic nitrogens is 4. The molecule has 0 radical (unpaired) electrons. The lowest BCUT2D eigenvalue weighted by atomic mass is 10.0. The minimum atomic E-state index is 0.863. The van der Waals surface area contributed by atoms with E-state index in [4.69, 9.17) is 9.97 Å². The van der Waals surface area contributed by atoms with Crippen molar-refractivity contribution in [1.82, 2.24) is 19.4 Å². The molecule has 6 rings (SSSR count). The first-order valence-corrected chi connectivity index (χ1v) is 9.56. The summed E-state index contributed by atoms with van der Waals surface area (Å²) in [6.45, 7) is 0. The predicted octanol–water partition coefficient (Wildman–Crippen LogP) is 5.76. The van der Waals surface area contributed by atoms with Gasteiger partial charge < -0.3 is 0 Å². The van der Waals surface area contributed by atoms with Crippen LogP contribution in [0.1, 0.15) is 0 Å². The summed E-state index contributed by atoms with van der Waals surface area (Å²) >= 11 is 0. The Balaban J connectivity index is 1.90. The van der Waals surface area contributed by atoms with E-state index in [1.807, 2.05) is 48.8 Å². The number of benzene rings is 2. The molecule has 29 heavy (non-hydrogen) atoms. The highest BCUT2D eigenvalue weighted by atomic mass is 15.1. The fraction of sp³-hybridized carbons (Fsp3) is 0. The van der Waals surface area contributed by atoms with Crippen LogP contribution in [0.15, 0.2) is 97.3 Å². The second kappa shape index (κ2) is 6.24. The van der Waals surface area contributed by atoms with Crippen molar-refractivity contribution in [2.24, 2.45) is 0 Å². The van der Waals surface area contributed by atoms with E-state index in [2.05, 4.69) is 57.9 Å². The maximum absolute atomic E-state index is 5.12. The molecule has 0 fully saturated rings. The van der Waals surface area contributed by atoms with E-state index < -0.39 is 0 Å². The molecule has 0 unspecified atom stereocenters. The minimum absolute atomic E-state index is 0.863. The molecule has 2 aromatic carbocycles. The van der Waals surface area contributed by atoms with Gasteiger partial charge in [-0.3, -0.25) is 9.38 Å². The van der Waals surface area contributed by atoms with Gasteiger partial charge >= 0.3 is 0 Å². The van der Waals surface area contributed by atoms with Gasteiger partial charge in [-0.2, -0.15) is 0 Å². The zero-order valence-corrected chi connectivity index (χ0v) is 15.5. The largest absolute Gasteiger partial charge is 0.275 e. The number of rotatable bonds is 2. The smallest absolute Gasteiger partial charge is 0.149 e. The van der Waals surface area contributed by atoms with Crippen molar-refractivity contribution in [3.8, 4) is 22.5 Å². The molecule has 0 saturated carbocycles. The molecule has 4 nitrogen and oxygen atoms in total. The van der Waals surface area contributed by atoms with E-state index in [1.54, 1.807) is 0 Å². The number of hydrogen-bond acceptors (Lipinski definition) is 3. The molecule has 0 bridgehead atoms. The average Bonchev–Trinajstić information content (AvgIpc) is 3.22. The van der Waals surface area contributed by atoms with Crippen molar-refractivity contribution in [3.63, 3.8) is 0 Å². The van der Waals surface area contributed by atoms with E-state index in [-0.39, 0.29) is 0 Å². The molecule has 0 saturated heterocycles. The topological polar surface area (TPSA) is 43.1 Å². The summed E-state index contributed by atoms with van der Waals surface area (Å²) in [7, 11) is 0. The average molecular weight is 372 g/mol. The third-order valence-electron chi connectivity index (χ3n) is 5.27. The first-order chi connectivity index (χ1) is 14.4. The number of pyridine rings is 3. The van der Waals surface area contributed by atoms with Crippen LogP contribution >= 0.6 is 0 Å². The molecule has 6 aromatic rings. The fourth-order valence-corrected chi connectivity index (χ4v) is 4.03. The number of hydrogen-bond donors (Lipinski definition) is 0. The van der Waals surface area contributed by atoms with E-state index in [0.29, 0.717) is 0 Å². The molecule has 0 amide bonds. The van der Waals surface area contributed by atoms with E-state index >= 15 is 0 Å². The van der Waals surface area contributed by atoms with Gasteiger partial charge in [0.05, 0.1) is 16.9 Å². The highest BCUT2D eigenvalue weighted by Crippen LogP contribution is 2.37. The molecule has 4 heterocycles. The van der Waals surface area contributed by atoms with Gasteiger partial charge in [0.1, 0.15) is 11.3 Å². The monoisotopic (exact) mass is 372 g/mol. The SMILES string of the molecule is c1ccc(-c2nc3c4cccnc4c4cccnc4n3c2-c2ccccc2)cc1. The van der Waals surface area contributed by atoms with Crippen molar-refractivity contribution >= 4 is 27.6 Å². The summed E-state index contributed by atoms with van der Waals surface area (Å²) in [6, 6.07) is 28.8. The summed E-state index contributed by atoms with van der Waals surface area (Å²) < 4.78 is 2.18. The van der Waals surface area contributed by atoms with Crippen molar-refractivity contribution < 1.29 is 0 Å². The molecule has 0 atom stereocenters. The van der Waals surface area contributed by atoms with E-state index in [0.717, 1.165) is 50.1 Å². The molecule has 0 aliphatic carbocycles. The molecule has 0 aliphatic rings. The molecular weight excluding hydrogens is 356 g/mol. The van der Waals surface area contributed by atoms with Crippen LogP contribution in [0.4, 0.5) is 0 Å². The number of nitrogens with zero attached hydrogens (tertiary/aromatic N) is 4. The number of imidazole rings is 1. The van der Waals surface area contributed by atoms with Gasteiger partial charge in [-0.25, -0.2) is 9.97 Å². The van der Waals surface area contributed by atoms with Crippen LogP contribution in [0, 0.1) is 0 Å². The summed E-state index contributed by atoms with van der Waals surface area (Å²) in [5.41, 5.74) is 6.83. The third kappa shape index (κ3) is 2.36. The Labute approximate surface area is 167 Å². The van der Waals surface area contributed by atoms with Crippen molar-refractivity contribution in [1.29, 1.82) is 0 Å². The maximum atomic E-state index is 5.12. The second-order valence-corrected chi connectivity index (χ2v) is 6.97. The predicted molar refractivity (Wildman–Crippen MR) is 117 cm³/mol. The van der Waals surface area contributed by atoms with Crippen molar-refractivity contribution in [3.05, 3.63) is 97.3 Å². The lowest BCUT2D eigenvalue weighted by Crippen LogP contribution is -1.97. The lowest BCUT2D eigenvalue weighted by Gasteiger charge is -2.10. The minimum Gasteiger partial charge on any atom is -0.275 e. The van der Waals surface area contributed by atoms with Gasteiger partial charge in [-0.15, -0.1) is 0 Å². The number of fused-ring (bicyclic) bond motifs is 6. The van der Waals surface area contributed by atoms with Gasteiger partial charge in [-0.05, 0) is 24.3 Å². The quantitative estimate of drug-likeness (QED) is 0.363. The summed E-state index contributed by atoms with van der Waals surface area (Å²) in [4.78, 5) is 14.5. The normalized spacial score (nSPS) is 11.4. The van der Waals surface area contributed by atoms with E-state index in [1.165, 1.54) is 0 Å². The molecule has 4 aromatic heterocycles. The van der Waals surface area contributed by atoms with Crippen molar-refractivity contribution in [2.45, 2.75) is 0 Å². The Morgan fingerprint density at radius 2 is 1.17 bits per heavy atom. The van der Waals surface area contributed by atoms with Gasteiger partial charge in [0, 0.05) is 34.3 Å². The van der Waals surface area contributed by atoms with Crippen LogP contribution in [-0.4, -0.2) is 19.4 Å². The Bertz CT molecular complexity index is 1490. The third-order valence-corrected chi connectivity index (χ3v) is 5.27. The first-order valence-electron chi connectivity index (χ1n) is 9.56. The molecule has 0 N–H and O–H groups in total. The zero-order chi connectivity index (χ0) is 19.2. The summed E-state index contributed by atoms with van der Waals surface area (Å²) in [5, 5.41) is 2.04. The van der Waals surface area contributed by atoms with Gasteiger partial charge in [0.15, 0.2) is 0 Å². The zero-order valence-electron chi connectivity index (χ0n) is 15.5. The summed E-state index contributed by atoms with van der Waals surface area (Å²) in [6.07, 6.45) is 3.65. The van der Waals surface area contributed by atoms with Crippen LogP contribution < -0.4 is 0 Å². The highest BCUT2D eigenvalue weighted by Gasteiger charge is 2.21. The second-order valence-electron chi connectivity index (χ2n) is 6.97. The fourth-order valence-electron chi connectivity index (χ4n) is 4.03. The Kier molecular flexibility index (Phi) is 3.43. The molecular formula is C25H16N4. The van der Waals surface area contributed by atoms with Crippen LogP contribution in [0.3, 0.4) is 0 Å². The lowest BCUT2D eigenvalue weighted by molar-refractivity contribution is 1.20. The van der Waals surface area contributed by atoms with Crippen LogP contribution in [0.2, 0.25) is 0 Å². The van der Waals surface area contributed by atoms with Crippen LogP contribution in [0.5, 0.6) is 0 Å². The van der Waals surface area contributed by atoms with Gasteiger partial charge in [0.25, 0.3) is 0 Å². The highest BCUT2D eigenvalue weighted by molar-refractivity contribution is 6.10. The standard InChI is InChI=1S/C25H16N4/c1-3-9-17(10-4-1)21-23(18-11-5-2-6-12-18)29-24-19(13-8-16-27-24)22-20(25(29)28-21)14-7-15-26-22/h1-16H. The Hall–Kier alpha value is -4.05. The molecule has 4 heteroatoms. The Morgan fingerprint density at radius 1 is 0.552 bits per heavy atom. The van der Waals surface area contributed by atoms with Crippen LogP contribution in [-0.2, 0) is 0 Å². The van der Waals surface area contributed by atoms with Gasteiger partial charge in [0.2, 0.25) is 0 Å². The summed E-state index contributed by atoms with van der Waals surface area (Å²) in [5.74, 6) is 0.